The molecule has 2 aromatic rings. The van der Waals surface area contributed by atoms with Gasteiger partial charge >= 0.3 is 50.5 Å². The summed E-state index contributed by atoms with van der Waals surface area (Å²) in [4.78, 5) is 0. The van der Waals surface area contributed by atoms with E-state index < -0.39 is 0 Å². The molecule has 0 aromatic heterocycles. The molecule has 2 atom stereocenters. The number of allylic oxidation sites excluding steroid dienone is 6. The van der Waals surface area contributed by atoms with Crippen molar-refractivity contribution in [2.45, 2.75) is 101 Å². The van der Waals surface area contributed by atoms with Gasteiger partial charge in [0, 0.05) is 0 Å². The van der Waals surface area contributed by atoms with Gasteiger partial charge in [-0.1, -0.05) is 113 Å². The quantitative estimate of drug-likeness (QED) is 0.324. The van der Waals surface area contributed by atoms with Crippen LogP contribution in [0.4, 0.5) is 0 Å². The normalized spacial score (nSPS) is 25.1. The summed E-state index contributed by atoms with van der Waals surface area (Å²) in [6.07, 6.45) is 11.0. The van der Waals surface area contributed by atoms with Crippen LogP contribution >= 0.6 is 0 Å². The van der Waals surface area contributed by atoms with Crippen LogP contribution in [0, 0.1) is 33.5 Å². The molecule has 0 spiro atoms. The molecule has 0 saturated heterocycles. The Morgan fingerprint density at radius 2 is 1.50 bits per heavy atom. The Morgan fingerprint density at radius 1 is 0.905 bits per heavy atom. The van der Waals surface area contributed by atoms with Crippen LogP contribution in [0.2, 0.25) is 0 Å². The average Bonchev–Trinajstić information content (AvgIpc) is 3.64. The maximum atomic E-state index is 2.62. The molecular weight excluding hydrogens is 587 g/mol. The van der Waals surface area contributed by atoms with Crippen LogP contribution in [0.3, 0.4) is 0 Å². The van der Waals surface area contributed by atoms with Crippen LogP contribution in [-0.4, -0.2) is 3.81 Å². The minimum absolute atomic E-state index is 0. The van der Waals surface area contributed by atoms with Crippen LogP contribution < -0.4 is 24.8 Å². The van der Waals surface area contributed by atoms with Crippen LogP contribution in [-0.2, 0) is 26.4 Å². The first-order chi connectivity index (χ1) is 18.8. The molecule has 4 aliphatic rings. The van der Waals surface area contributed by atoms with Gasteiger partial charge in [-0.2, -0.15) is 29.3 Å². The molecule has 1 fully saturated rings. The van der Waals surface area contributed by atoms with E-state index in [0.717, 1.165) is 6.42 Å². The van der Waals surface area contributed by atoms with E-state index in [-0.39, 0.29) is 46.5 Å². The van der Waals surface area contributed by atoms with Crippen molar-refractivity contribution < 1.29 is 44.8 Å². The Morgan fingerprint density at radius 3 is 2.02 bits per heavy atom. The van der Waals surface area contributed by atoms with E-state index in [1.807, 2.05) is 30.3 Å². The first kappa shape index (κ1) is 37.0. The van der Waals surface area contributed by atoms with Gasteiger partial charge in [-0.15, -0.1) is 6.92 Å². The van der Waals surface area contributed by atoms with E-state index in [0.29, 0.717) is 5.92 Å². The van der Waals surface area contributed by atoms with E-state index in [4.69, 9.17) is 0 Å². The summed E-state index contributed by atoms with van der Waals surface area (Å²) in [6.45, 7) is 24.7. The van der Waals surface area contributed by atoms with Crippen LogP contribution in [0.1, 0.15) is 106 Å². The number of hydrogen-bond donors (Lipinski definition) is 0. The number of halogens is 2. The van der Waals surface area contributed by atoms with Gasteiger partial charge in [-0.05, 0) is 40.6 Å². The van der Waals surface area contributed by atoms with Gasteiger partial charge in [-0.25, -0.2) is 18.1 Å². The van der Waals surface area contributed by atoms with Crippen molar-refractivity contribution in [2.24, 2.45) is 27.6 Å². The second-order valence-electron chi connectivity index (χ2n) is 14.0. The second-order valence-corrected chi connectivity index (χ2v) is 15.1. The number of rotatable bonds is 2. The van der Waals surface area contributed by atoms with Crippen LogP contribution in [0.5, 0.6) is 0 Å². The summed E-state index contributed by atoms with van der Waals surface area (Å²) in [7, 11) is 0. The maximum absolute atomic E-state index is 2.62. The summed E-state index contributed by atoms with van der Waals surface area (Å²) >= 11 is 2.19. The Kier molecular flexibility index (Phi) is 12.2. The standard InChI is InChI=1S/C29H37.C5H5.C5H10.2ClH.Ti/c1-18-25-22-17-19-13-9-10-14-20(19)24(22)21-15-11-12-16-23(21)29(25,8)28(6,7)27(4,5)26(18,2)3;1-2-4-5-3-1;1-3-5-4-2;;;/h9-11,13-15,23H,12,16-17H2,1-8H3;1-5H;3-4H2,1-2H3;2*1H;/q2*-1;;;;+2/p-2. The minimum atomic E-state index is 0. The zero-order valence-corrected chi connectivity index (χ0v) is 30.8. The van der Waals surface area contributed by atoms with Gasteiger partial charge in [0.1, 0.15) is 0 Å². The van der Waals surface area contributed by atoms with E-state index in [1.54, 1.807) is 32.0 Å². The molecule has 0 bridgehead atoms. The SMILES string of the molecule is CC[C](=[Ti+2])CC.C[C-]1C2=C3Cc4ccccc4C3=C3C=CCCC3C2(C)C(C)(C)C(C)(C)C1(C)C.[Cl-].[Cl-].c1cc[cH-]c1. The molecule has 0 amide bonds. The fraction of sp³-hybridized carbons (Fsp3) is 0.513. The number of fused-ring (bicyclic) bond motifs is 6. The minimum Gasteiger partial charge on any atom is -1.00 e. The zero-order chi connectivity index (χ0) is 29.5. The molecule has 6 rings (SSSR count). The topological polar surface area (TPSA) is 0 Å². The van der Waals surface area contributed by atoms with Crippen molar-refractivity contribution in [2.75, 3.05) is 0 Å². The number of benzene rings is 1. The van der Waals surface area contributed by atoms with Crippen molar-refractivity contribution in [1.29, 1.82) is 0 Å². The molecule has 3 heteroatoms. The summed E-state index contributed by atoms with van der Waals surface area (Å²) in [5.41, 5.74) is 10.3. The third-order valence-corrected chi connectivity index (χ3v) is 13.3. The molecule has 1 saturated carbocycles. The fourth-order valence-electron chi connectivity index (χ4n) is 8.14. The van der Waals surface area contributed by atoms with Crippen LogP contribution in [0.25, 0.3) is 5.57 Å². The average molecular weight is 640 g/mol. The molecule has 2 unspecified atom stereocenters. The third kappa shape index (κ3) is 5.69. The molecule has 2 aromatic carbocycles. The van der Waals surface area contributed by atoms with Crippen molar-refractivity contribution in [3.8, 4) is 0 Å². The largest absolute Gasteiger partial charge is 1.00 e. The van der Waals surface area contributed by atoms with Gasteiger partial charge in [-0.3, -0.25) is 0 Å². The Labute approximate surface area is 282 Å². The van der Waals surface area contributed by atoms with Crippen LogP contribution in [0.15, 0.2) is 83.5 Å². The molecular formula is C39H52Cl2Ti-2. The first-order valence-corrected chi connectivity index (χ1v) is 16.4. The summed E-state index contributed by atoms with van der Waals surface area (Å²) < 4.78 is 1.59. The van der Waals surface area contributed by atoms with Gasteiger partial charge < -0.3 is 24.8 Å². The van der Waals surface area contributed by atoms with Gasteiger partial charge in [0.2, 0.25) is 0 Å². The van der Waals surface area contributed by atoms with Crippen molar-refractivity contribution >= 4 is 9.38 Å². The monoisotopic (exact) mass is 638 g/mol. The van der Waals surface area contributed by atoms with E-state index >= 15 is 0 Å². The number of hydrogen-bond acceptors (Lipinski definition) is 0. The first-order valence-electron chi connectivity index (χ1n) is 15.6. The van der Waals surface area contributed by atoms with Gasteiger partial charge in [0.05, 0.1) is 0 Å². The fourth-order valence-corrected chi connectivity index (χ4v) is 8.14. The molecule has 0 aliphatic heterocycles. The van der Waals surface area contributed by atoms with Crippen molar-refractivity contribution in [3.05, 3.63) is 101 Å². The molecule has 0 heterocycles. The summed E-state index contributed by atoms with van der Waals surface area (Å²) in [6, 6.07) is 19.2. The van der Waals surface area contributed by atoms with E-state index in [1.165, 1.54) is 36.8 Å². The summed E-state index contributed by atoms with van der Waals surface area (Å²) in [5, 5.41) is 0. The molecule has 0 nitrogen and oxygen atoms in total. The molecule has 4 aliphatic carbocycles. The van der Waals surface area contributed by atoms with Gasteiger partial charge in [0.15, 0.2) is 0 Å². The molecule has 0 N–H and O–H groups in total. The zero-order valence-electron chi connectivity index (χ0n) is 27.7. The Balaban J connectivity index is 0.000000403. The smallest absolute Gasteiger partial charge is 0.00969 e. The predicted molar refractivity (Wildman–Crippen MR) is 172 cm³/mol. The van der Waals surface area contributed by atoms with E-state index in [9.17, 15) is 0 Å². The molecule has 228 valence electrons. The Hall–Kier alpha value is -1.18. The Bertz CT molecular complexity index is 1290. The maximum Gasteiger partial charge on any atom is -0.00969 e. The van der Waals surface area contributed by atoms with E-state index in [2.05, 4.69) is 126 Å². The summed E-state index contributed by atoms with van der Waals surface area (Å²) in [5.74, 6) is 2.24. The van der Waals surface area contributed by atoms with Crippen molar-refractivity contribution in [1.82, 2.24) is 0 Å². The van der Waals surface area contributed by atoms with Gasteiger partial charge in [0.25, 0.3) is 0 Å². The molecule has 42 heavy (non-hydrogen) atoms. The molecule has 0 radical (unpaired) electrons. The third-order valence-electron chi connectivity index (χ3n) is 12.2. The van der Waals surface area contributed by atoms with Crippen molar-refractivity contribution in [3.63, 3.8) is 0 Å². The predicted octanol–water partition coefficient (Wildman–Crippen LogP) is 4.90. The second kappa shape index (κ2) is 13.9.